The Morgan fingerprint density at radius 3 is 1.97 bits per heavy atom. The molecule has 0 radical (unpaired) electrons. The van der Waals surface area contributed by atoms with Gasteiger partial charge in [0.25, 0.3) is 0 Å². The van der Waals surface area contributed by atoms with Crippen molar-refractivity contribution in [1.29, 1.82) is 0 Å². The summed E-state index contributed by atoms with van der Waals surface area (Å²) in [5.41, 5.74) is 1.31. The molecular formula is C27H20ClF5O. The van der Waals surface area contributed by atoms with E-state index in [1.54, 1.807) is 12.1 Å². The van der Waals surface area contributed by atoms with Gasteiger partial charge >= 0.3 is 0 Å². The molecule has 0 unspecified atom stereocenters. The van der Waals surface area contributed by atoms with Crippen LogP contribution in [0, 0.1) is 29.1 Å². The summed E-state index contributed by atoms with van der Waals surface area (Å²) in [6, 6.07) is 12.5. The molecule has 0 bridgehead atoms. The zero-order chi connectivity index (χ0) is 24.4. The third kappa shape index (κ3) is 4.93. The highest BCUT2D eigenvalue weighted by atomic mass is 35.5. The van der Waals surface area contributed by atoms with Crippen molar-refractivity contribution in [3.05, 3.63) is 105 Å². The fourth-order valence-electron chi connectivity index (χ4n) is 3.98. The predicted molar refractivity (Wildman–Crippen MR) is 124 cm³/mol. The number of aryl methyl sites for hydroxylation is 2. The lowest BCUT2D eigenvalue weighted by atomic mass is 9.96. The molecule has 4 aromatic rings. The fourth-order valence-corrected chi connectivity index (χ4v) is 4.09. The second kappa shape index (κ2) is 10.1. The summed E-state index contributed by atoms with van der Waals surface area (Å²) in [7, 11) is 1.51. The number of halogens is 6. The van der Waals surface area contributed by atoms with Crippen LogP contribution in [0.1, 0.15) is 16.7 Å². The maximum Gasteiger partial charge on any atom is 0.145 e. The van der Waals surface area contributed by atoms with Gasteiger partial charge in [-0.15, -0.1) is 0 Å². The number of fused-ring (bicyclic) bond motifs is 1. The smallest absolute Gasteiger partial charge is 0.145 e. The zero-order valence-corrected chi connectivity index (χ0v) is 19.0. The van der Waals surface area contributed by atoms with E-state index in [4.69, 9.17) is 16.3 Å². The minimum absolute atomic E-state index is 0.181. The van der Waals surface area contributed by atoms with Crippen molar-refractivity contribution < 1.29 is 26.7 Å². The van der Waals surface area contributed by atoms with Gasteiger partial charge in [0.05, 0.1) is 12.2 Å². The summed E-state index contributed by atoms with van der Waals surface area (Å²) < 4.78 is 76.8. The van der Waals surface area contributed by atoms with Crippen molar-refractivity contribution in [3.8, 4) is 11.1 Å². The van der Waals surface area contributed by atoms with Crippen LogP contribution in [-0.4, -0.2) is 13.7 Å². The van der Waals surface area contributed by atoms with Gasteiger partial charge in [-0.2, -0.15) is 0 Å². The van der Waals surface area contributed by atoms with Gasteiger partial charge in [0.15, 0.2) is 0 Å². The molecule has 0 saturated heterocycles. The van der Waals surface area contributed by atoms with Gasteiger partial charge in [-0.05, 0) is 77.2 Å². The predicted octanol–water partition coefficient (Wildman–Crippen LogP) is 7.83. The van der Waals surface area contributed by atoms with Crippen LogP contribution in [0.5, 0.6) is 0 Å². The van der Waals surface area contributed by atoms with Crippen LogP contribution in [0.2, 0.25) is 5.02 Å². The molecule has 34 heavy (non-hydrogen) atoms. The van der Waals surface area contributed by atoms with Crippen molar-refractivity contribution in [1.82, 2.24) is 0 Å². The minimum atomic E-state index is -0.866. The molecule has 0 spiro atoms. The molecule has 4 aromatic carbocycles. The van der Waals surface area contributed by atoms with Crippen molar-refractivity contribution >= 4 is 22.4 Å². The Kier molecular flexibility index (Phi) is 7.19. The molecule has 0 aliphatic heterocycles. The van der Waals surface area contributed by atoms with E-state index >= 15 is 4.39 Å². The van der Waals surface area contributed by atoms with Crippen LogP contribution in [0.15, 0.2) is 54.6 Å². The number of hydrogen-bond donors (Lipinski definition) is 0. The van der Waals surface area contributed by atoms with E-state index in [-0.39, 0.29) is 23.8 Å². The van der Waals surface area contributed by atoms with Crippen LogP contribution < -0.4 is 0 Å². The van der Waals surface area contributed by atoms with Gasteiger partial charge in [0, 0.05) is 12.5 Å². The molecule has 1 nitrogen and oxygen atoms in total. The largest absolute Gasteiger partial charge is 0.384 e. The number of rotatable bonds is 7. The summed E-state index contributed by atoms with van der Waals surface area (Å²) in [5, 5.41) is 0.186. The maximum atomic E-state index is 15.1. The highest BCUT2D eigenvalue weighted by Crippen LogP contribution is 2.32. The monoisotopic (exact) mass is 490 g/mol. The van der Waals surface area contributed by atoms with E-state index < -0.39 is 34.1 Å². The summed E-state index contributed by atoms with van der Waals surface area (Å²) in [4.78, 5) is 0. The third-order valence-electron chi connectivity index (χ3n) is 5.75. The van der Waals surface area contributed by atoms with Crippen LogP contribution in [-0.2, 0) is 24.0 Å². The lowest BCUT2D eigenvalue weighted by molar-refractivity contribution is 0.202. The lowest BCUT2D eigenvalue weighted by Crippen LogP contribution is -1.99. The summed E-state index contributed by atoms with van der Waals surface area (Å²) in [6.07, 6.45) is 0.791. The molecule has 7 heteroatoms. The van der Waals surface area contributed by atoms with Crippen LogP contribution in [0.25, 0.3) is 21.9 Å². The molecule has 0 aliphatic rings. The quantitative estimate of drug-likeness (QED) is 0.189. The molecule has 176 valence electrons. The first-order valence-corrected chi connectivity index (χ1v) is 11.0. The Hall–Kier alpha value is -2.96. The van der Waals surface area contributed by atoms with Crippen LogP contribution in [0.3, 0.4) is 0 Å². The molecule has 0 aromatic heterocycles. The van der Waals surface area contributed by atoms with E-state index in [0.717, 1.165) is 12.1 Å². The fraction of sp³-hybridized carbons (Fsp3) is 0.185. The van der Waals surface area contributed by atoms with E-state index in [1.807, 2.05) is 0 Å². The first-order chi connectivity index (χ1) is 16.3. The molecule has 0 atom stereocenters. The molecule has 0 fully saturated rings. The second-order valence-electron chi connectivity index (χ2n) is 8.03. The summed E-state index contributed by atoms with van der Waals surface area (Å²) in [5.74, 6) is -3.63. The van der Waals surface area contributed by atoms with Gasteiger partial charge in [-0.3, -0.25) is 0 Å². The second-order valence-corrected chi connectivity index (χ2v) is 8.40. The Labute approximate surface area is 198 Å². The molecular weight excluding hydrogens is 471 g/mol. The molecule has 0 aliphatic carbocycles. The number of benzene rings is 4. The van der Waals surface area contributed by atoms with Gasteiger partial charge in [-0.1, -0.05) is 35.9 Å². The van der Waals surface area contributed by atoms with Crippen LogP contribution in [0.4, 0.5) is 22.0 Å². The lowest BCUT2D eigenvalue weighted by Gasteiger charge is -2.11. The SMILES string of the molecule is COCCc1cc(F)c(-c2ccc3c(F)c(CCc4cc(F)c(Cl)c(F)c4)ccc3c2)c(F)c1. The molecule has 0 heterocycles. The standard InChI is InChI=1S/C27H20ClF5O/c1-34-9-8-16-10-21(29)25(22(30)11-16)19-6-7-20-18(14-19)5-4-17(27(20)33)3-2-15-12-23(31)26(28)24(32)13-15/h4-7,10-14H,2-3,8-9H2,1H3. The first-order valence-electron chi connectivity index (χ1n) is 10.6. The molecule has 0 N–H and O–H groups in total. The molecule has 0 saturated carbocycles. The van der Waals surface area contributed by atoms with Crippen molar-refractivity contribution in [2.75, 3.05) is 13.7 Å². The first kappa shape index (κ1) is 24.2. The number of methoxy groups -OCH3 is 1. The van der Waals surface area contributed by atoms with Gasteiger partial charge < -0.3 is 4.74 Å². The van der Waals surface area contributed by atoms with Gasteiger partial charge in [0.1, 0.15) is 34.1 Å². The third-order valence-corrected chi connectivity index (χ3v) is 6.11. The average Bonchev–Trinajstić information content (AvgIpc) is 2.80. The number of ether oxygens (including phenoxy) is 1. The van der Waals surface area contributed by atoms with Crippen molar-refractivity contribution in [2.24, 2.45) is 0 Å². The highest BCUT2D eigenvalue weighted by molar-refractivity contribution is 6.30. The van der Waals surface area contributed by atoms with Gasteiger partial charge in [-0.25, -0.2) is 22.0 Å². The summed E-state index contributed by atoms with van der Waals surface area (Å²) in [6.45, 7) is 0.345. The minimum Gasteiger partial charge on any atom is -0.384 e. The average molecular weight is 491 g/mol. The highest BCUT2D eigenvalue weighted by Gasteiger charge is 2.16. The van der Waals surface area contributed by atoms with Crippen molar-refractivity contribution in [3.63, 3.8) is 0 Å². The molecule has 4 rings (SSSR count). The van der Waals surface area contributed by atoms with E-state index in [2.05, 4.69) is 0 Å². The molecule has 0 amide bonds. The Bertz CT molecular complexity index is 1320. The Morgan fingerprint density at radius 2 is 1.32 bits per heavy atom. The number of hydrogen-bond acceptors (Lipinski definition) is 1. The normalized spacial score (nSPS) is 11.4. The van der Waals surface area contributed by atoms with Crippen molar-refractivity contribution in [2.45, 2.75) is 19.3 Å². The maximum absolute atomic E-state index is 15.1. The Morgan fingerprint density at radius 1 is 0.706 bits per heavy atom. The van der Waals surface area contributed by atoms with E-state index in [9.17, 15) is 17.6 Å². The van der Waals surface area contributed by atoms with Crippen LogP contribution >= 0.6 is 11.6 Å². The topological polar surface area (TPSA) is 9.23 Å². The summed E-state index contributed by atoms with van der Waals surface area (Å²) >= 11 is 5.50. The van der Waals surface area contributed by atoms with Gasteiger partial charge in [0.2, 0.25) is 0 Å². The Balaban J connectivity index is 1.61. The van der Waals surface area contributed by atoms with E-state index in [1.165, 1.54) is 37.4 Å². The zero-order valence-electron chi connectivity index (χ0n) is 18.2. The van der Waals surface area contributed by atoms with E-state index in [0.29, 0.717) is 40.7 Å².